The Hall–Kier alpha value is -1.54. The molecule has 0 aromatic rings. The highest BCUT2D eigenvalue weighted by Gasteiger charge is 2.23. The number of amides is 1. The Morgan fingerprint density at radius 2 is 0.707 bits per heavy atom. The Labute approximate surface area is 511 Å². The lowest BCUT2D eigenvalue weighted by molar-refractivity contribution is -0.870. The Bertz CT molecular complexity index is 1480. The minimum absolute atomic E-state index is 0.000490. The van der Waals surface area contributed by atoms with E-state index in [2.05, 4.69) is 55.6 Å². The molecule has 0 radical (unpaired) electrons. The van der Waals surface area contributed by atoms with Crippen LogP contribution in [0.3, 0.4) is 0 Å². The zero-order valence-electron chi connectivity index (χ0n) is 55.5. The first kappa shape index (κ1) is 80.5. The van der Waals surface area contributed by atoms with Crippen LogP contribution in [0.15, 0.2) is 48.6 Å². The molecule has 484 valence electrons. The SMILES string of the molecule is CCCCCCC/C=C\C/C=C\C/C=C\CCCCCCCCCCCCCCCCCCCCCCC(=O)NC(COP(=O)([O-])OCC[N+](C)(C)C)C(O)/C=C/CCCCCCCCCCCCCCCCCCCCCCCCC. The predicted octanol–water partition coefficient (Wildman–Crippen LogP) is 22.4. The lowest BCUT2D eigenvalue weighted by Gasteiger charge is -2.29. The summed E-state index contributed by atoms with van der Waals surface area (Å²) in [5.74, 6) is -0.191. The molecule has 0 spiro atoms. The molecule has 0 heterocycles. The number of likely N-dealkylation sites (N-methyl/N-ethyl adjacent to an activating group) is 1. The van der Waals surface area contributed by atoms with Crippen molar-refractivity contribution in [1.29, 1.82) is 0 Å². The minimum Gasteiger partial charge on any atom is -0.756 e. The Morgan fingerprint density at radius 3 is 1.02 bits per heavy atom. The topological polar surface area (TPSA) is 108 Å². The number of allylic oxidation sites excluding steroid dienone is 7. The fraction of sp³-hybridized carbons (Fsp3) is 0.877. The zero-order valence-corrected chi connectivity index (χ0v) is 56.4. The van der Waals surface area contributed by atoms with E-state index in [1.165, 1.54) is 289 Å². The van der Waals surface area contributed by atoms with Crippen LogP contribution < -0.4 is 10.2 Å². The van der Waals surface area contributed by atoms with Crippen LogP contribution in [0.2, 0.25) is 0 Å². The van der Waals surface area contributed by atoms with E-state index in [0.29, 0.717) is 17.4 Å². The molecule has 0 aliphatic carbocycles. The van der Waals surface area contributed by atoms with Crippen molar-refractivity contribution in [3.63, 3.8) is 0 Å². The monoisotopic (exact) mass is 1170 g/mol. The zero-order chi connectivity index (χ0) is 59.8. The van der Waals surface area contributed by atoms with Gasteiger partial charge in [-0.05, 0) is 57.8 Å². The van der Waals surface area contributed by atoms with Gasteiger partial charge in [-0.1, -0.05) is 345 Å². The molecule has 0 aliphatic rings. The molecule has 1 amide bonds. The maximum absolute atomic E-state index is 13.0. The number of nitrogens with zero attached hydrogens (tertiary/aromatic N) is 1. The molecule has 9 heteroatoms. The van der Waals surface area contributed by atoms with Gasteiger partial charge < -0.3 is 28.8 Å². The van der Waals surface area contributed by atoms with E-state index in [1.807, 2.05) is 27.2 Å². The number of carbonyl (C=O) groups excluding carboxylic acids is 1. The smallest absolute Gasteiger partial charge is 0.268 e. The molecule has 8 nitrogen and oxygen atoms in total. The van der Waals surface area contributed by atoms with Crippen molar-refractivity contribution in [1.82, 2.24) is 5.32 Å². The summed E-state index contributed by atoms with van der Waals surface area (Å²) in [5, 5.41) is 14.0. The Balaban J connectivity index is 4.01. The highest BCUT2D eigenvalue weighted by molar-refractivity contribution is 7.45. The fourth-order valence-corrected chi connectivity index (χ4v) is 11.7. The normalized spacial score (nSPS) is 13.9. The highest BCUT2D eigenvalue weighted by atomic mass is 31.2. The lowest BCUT2D eigenvalue weighted by Crippen LogP contribution is -2.45. The van der Waals surface area contributed by atoms with Crippen molar-refractivity contribution < 1.29 is 32.9 Å². The van der Waals surface area contributed by atoms with E-state index in [0.717, 1.165) is 51.4 Å². The molecule has 0 bridgehead atoms. The molecule has 0 saturated carbocycles. The summed E-state index contributed by atoms with van der Waals surface area (Å²) >= 11 is 0. The van der Waals surface area contributed by atoms with Gasteiger partial charge in [0.05, 0.1) is 39.9 Å². The number of unbranched alkanes of at least 4 members (excludes halogenated alkanes) is 48. The van der Waals surface area contributed by atoms with Crippen molar-refractivity contribution in [2.45, 2.75) is 373 Å². The summed E-state index contributed by atoms with van der Waals surface area (Å²) in [6, 6.07) is -0.887. The summed E-state index contributed by atoms with van der Waals surface area (Å²) in [5.41, 5.74) is 0. The van der Waals surface area contributed by atoms with Crippen LogP contribution in [-0.4, -0.2) is 68.5 Å². The number of aliphatic hydroxyl groups excluding tert-OH is 1. The Morgan fingerprint density at radius 1 is 0.427 bits per heavy atom. The van der Waals surface area contributed by atoms with Crippen LogP contribution >= 0.6 is 7.82 Å². The molecule has 0 aliphatic heterocycles. The summed E-state index contributed by atoms with van der Waals surface area (Å²) in [4.78, 5) is 25.6. The minimum atomic E-state index is -4.60. The number of phosphoric acid groups is 1. The molecule has 0 aromatic carbocycles. The van der Waals surface area contributed by atoms with Crippen LogP contribution in [0, 0.1) is 0 Å². The number of hydrogen-bond donors (Lipinski definition) is 2. The van der Waals surface area contributed by atoms with Gasteiger partial charge in [-0.2, -0.15) is 0 Å². The van der Waals surface area contributed by atoms with Gasteiger partial charge in [0.15, 0.2) is 0 Å². The summed E-state index contributed by atoms with van der Waals surface area (Å²) in [7, 11) is 1.28. The van der Waals surface area contributed by atoms with Crippen LogP contribution in [0.4, 0.5) is 0 Å². The molecule has 3 atom stereocenters. The molecule has 3 unspecified atom stereocenters. The predicted molar refractivity (Wildman–Crippen MR) is 358 cm³/mol. The second-order valence-corrected chi connectivity index (χ2v) is 27.4. The second-order valence-electron chi connectivity index (χ2n) is 25.9. The van der Waals surface area contributed by atoms with Crippen molar-refractivity contribution in [2.75, 3.05) is 40.9 Å². The third-order valence-electron chi connectivity index (χ3n) is 16.5. The van der Waals surface area contributed by atoms with E-state index < -0.39 is 20.0 Å². The average molecular weight is 1170 g/mol. The van der Waals surface area contributed by atoms with E-state index >= 15 is 0 Å². The van der Waals surface area contributed by atoms with Gasteiger partial charge in [0.1, 0.15) is 13.2 Å². The largest absolute Gasteiger partial charge is 0.756 e. The number of phosphoric ester groups is 1. The van der Waals surface area contributed by atoms with Crippen molar-refractivity contribution >= 4 is 13.7 Å². The van der Waals surface area contributed by atoms with Gasteiger partial charge in [0.2, 0.25) is 5.91 Å². The summed E-state index contributed by atoms with van der Waals surface area (Å²) < 4.78 is 23.5. The molecule has 0 saturated heterocycles. The highest BCUT2D eigenvalue weighted by Crippen LogP contribution is 2.38. The van der Waals surface area contributed by atoms with Crippen LogP contribution in [0.5, 0.6) is 0 Å². The summed E-state index contributed by atoms with van der Waals surface area (Å²) in [6.07, 6.45) is 86.7. The summed E-state index contributed by atoms with van der Waals surface area (Å²) in [6.45, 7) is 4.69. The number of carbonyl (C=O) groups is 1. The third kappa shape index (κ3) is 66.0. The number of nitrogens with one attached hydrogen (secondary N) is 1. The second kappa shape index (κ2) is 63.9. The van der Waals surface area contributed by atoms with Gasteiger partial charge in [-0.25, -0.2) is 0 Å². The maximum atomic E-state index is 13.0. The number of quaternary nitrogens is 1. The van der Waals surface area contributed by atoms with Gasteiger partial charge in [-0.3, -0.25) is 9.36 Å². The molecule has 2 N–H and O–H groups in total. The van der Waals surface area contributed by atoms with E-state index in [-0.39, 0.29) is 19.1 Å². The van der Waals surface area contributed by atoms with Gasteiger partial charge in [0, 0.05) is 6.42 Å². The van der Waals surface area contributed by atoms with Gasteiger partial charge in [0.25, 0.3) is 7.82 Å². The Kier molecular flexibility index (Phi) is 62.7. The number of rotatable bonds is 67. The molecule has 82 heavy (non-hydrogen) atoms. The van der Waals surface area contributed by atoms with Crippen molar-refractivity contribution in [3.8, 4) is 0 Å². The van der Waals surface area contributed by atoms with Crippen molar-refractivity contribution in [3.05, 3.63) is 48.6 Å². The average Bonchev–Trinajstić information content (AvgIpc) is 3.45. The van der Waals surface area contributed by atoms with Gasteiger partial charge >= 0.3 is 0 Å². The van der Waals surface area contributed by atoms with Crippen LogP contribution in [0.1, 0.15) is 361 Å². The lowest BCUT2D eigenvalue weighted by atomic mass is 10.0. The molecular formula is C73H141N2O6P. The molecular weight excluding hydrogens is 1030 g/mol. The third-order valence-corrected chi connectivity index (χ3v) is 17.5. The first-order chi connectivity index (χ1) is 40.0. The van der Waals surface area contributed by atoms with Gasteiger partial charge in [-0.15, -0.1) is 0 Å². The number of aliphatic hydroxyl groups is 1. The first-order valence-electron chi connectivity index (χ1n) is 36.0. The number of hydrogen-bond acceptors (Lipinski definition) is 6. The van der Waals surface area contributed by atoms with E-state index in [4.69, 9.17) is 9.05 Å². The molecule has 0 rings (SSSR count). The molecule has 0 aromatic heterocycles. The quantitative estimate of drug-likeness (QED) is 0.0272. The fourth-order valence-electron chi connectivity index (χ4n) is 10.9. The van der Waals surface area contributed by atoms with E-state index in [1.54, 1.807) is 6.08 Å². The maximum Gasteiger partial charge on any atom is 0.268 e. The van der Waals surface area contributed by atoms with E-state index in [9.17, 15) is 19.4 Å². The van der Waals surface area contributed by atoms with Crippen LogP contribution in [0.25, 0.3) is 0 Å². The van der Waals surface area contributed by atoms with Crippen LogP contribution in [-0.2, 0) is 18.4 Å². The van der Waals surface area contributed by atoms with Crippen molar-refractivity contribution in [2.24, 2.45) is 0 Å². The molecule has 0 fully saturated rings. The first-order valence-corrected chi connectivity index (χ1v) is 37.5. The standard InChI is InChI=1S/C73H141N2O6P/c1-6-8-10-12-14-16-18-20-22-24-26-28-30-32-33-34-35-36-37-38-39-40-41-43-45-47-49-51-53-55-57-59-61-63-65-67-73(77)74-71(70-81-82(78,79)80-69-68-75(3,4)5)72(76)66-64-62-60-58-56-54-52-50-48-46-44-42-31-29-27-25-23-21-19-17-15-13-11-9-7-2/h18,20,24,26,30,32,64,66,71-72,76H,6-17,19,21-23,25,27-29,31,33-63,65,67-70H2,1-5H3,(H-,74,77,78,79)/b20-18-,26-24-,32-30-,66-64+.